The van der Waals surface area contributed by atoms with Crippen molar-refractivity contribution in [2.24, 2.45) is 0 Å². The van der Waals surface area contributed by atoms with Crippen molar-refractivity contribution < 1.29 is 10.0 Å². The third kappa shape index (κ3) is 3.75. The van der Waals surface area contributed by atoms with Gasteiger partial charge in [-0.2, -0.15) is 0 Å². The minimum atomic E-state index is -0.376. The smallest absolute Gasteiger partial charge is 0.269 e. The first-order valence-electron chi connectivity index (χ1n) is 6.79. The number of aliphatic hydroxyl groups is 1. The van der Waals surface area contributed by atoms with E-state index in [0.717, 1.165) is 31.5 Å². The van der Waals surface area contributed by atoms with E-state index in [1.165, 1.54) is 12.8 Å². The summed E-state index contributed by atoms with van der Waals surface area (Å²) in [6.45, 7) is 2.08. The Labute approximate surface area is 113 Å². The van der Waals surface area contributed by atoms with Gasteiger partial charge in [0.15, 0.2) is 0 Å². The molecule has 1 aliphatic rings. The average molecular weight is 264 g/mol. The predicted molar refractivity (Wildman–Crippen MR) is 72.8 cm³/mol. The van der Waals surface area contributed by atoms with Crippen LogP contribution in [0.1, 0.15) is 31.2 Å². The molecule has 19 heavy (non-hydrogen) atoms. The Morgan fingerprint density at radius 3 is 2.68 bits per heavy atom. The van der Waals surface area contributed by atoms with Gasteiger partial charge >= 0.3 is 0 Å². The van der Waals surface area contributed by atoms with E-state index >= 15 is 0 Å². The molecule has 0 bridgehead atoms. The fraction of sp³-hybridized carbons (Fsp3) is 0.571. The van der Waals surface area contributed by atoms with Gasteiger partial charge in [0, 0.05) is 31.3 Å². The van der Waals surface area contributed by atoms with Crippen LogP contribution in [-0.2, 0) is 6.54 Å². The molecule has 0 radical (unpaired) electrons. The lowest BCUT2D eigenvalue weighted by atomic mass is 9.99. The first-order chi connectivity index (χ1) is 9.20. The highest BCUT2D eigenvalue weighted by atomic mass is 16.6. The average Bonchev–Trinajstić information content (AvgIpc) is 2.42. The van der Waals surface area contributed by atoms with E-state index in [4.69, 9.17) is 5.11 Å². The molecule has 5 nitrogen and oxygen atoms in total. The van der Waals surface area contributed by atoms with E-state index in [2.05, 4.69) is 4.90 Å². The number of aliphatic hydroxyl groups excluding tert-OH is 1. The van der Waals surface area contributed by atoms with Crippen molar-refractivity contribution in [1.82, 2.24) is 4.90 Å². The molecule has 2 rings (SSSR count). The van der Waals surface area contributed by atoms with Crippen molar-refractivity contribution in [1.29, 1.82) is 0 Å². The molecule has 5 heteroatoms. The van der Waals surface area contributed by atoms with Crippen LogP contribution in [0.2, 0.25) is 0 Å². The number of nitro benzene ring substituents is 1. The number of nitro groups is 1. The molecule has 104 valence electrons. The molecule has 1 aromatic carbocycles. The van der Waals surface area contributed by atoms with Gasteiger partial charge in [0.1, 0.15) is 0 Å². The molecule has 0 spiro atoms. The van der Waals surface area contributed by atoms with E-state index in [-0.39, 0.29) is 17.2 Å². The highest BCUT2D eigenvalue weighted by molar-refractivity contribution is 5.32. The highest BCUT2D eigenvalue weighted by Crippen LogP contribution is 2.22. The quantitative estimate of drug-likeness (QED) is 0.654. The molecular formula is C14H20N2O3. The second kappa shape index (κ2) is 6.63. The third-order valence-corrected chi connectivity index (χ3v) is 3.74. The summed E-state index contributed by atoms with van der Waals surface area (Å²) in [5, 5.41) is 19.7. The molecule has 1 atom stereocenters. The Balaban J connectivity index is 2.00. The largest absolute Gasteiger partial charge is 0.396 e. The van der Waals surface area contributed by atoms with Crippen molar-refractivity contribution >= 4 is 5.69 Å². The van der Waals surface area contributed by atoms with E-state index in [0.29, 0.717) is 6.04 Å². The van der Waals surface area contributed by atoms with Crippen LogP contribution in [0.5, 0.6) is 0 Å². The fourth-order valence-corrected chi connectivity index (χ4v) is 2.70. The number of nitrogens with zero attached hydrogens (tertiary/aromatic N) is 2. The molecular weight excluding hydrogens is 244 g/mol. The van der Waals surface area contributed by atoms with Crippen molar-refractivity contribution in [3.63, 3.8) is 0 Å². The summed E-state index contributed by atoms with van der Waals surface area (Å²) in [6, 6.07) is 7.19. The fourth-order valence-electron chi connectivity index (χ4n) is 2.70. The normalized spacial score (nSPS) is 20.4. The van der Waals surface area contributed by atoms with E-state index in [9.17, 15) is 10.1 Å². The summed E-state index contributed by atoms with van der Waals surface area (Å²) in [5.74, 6) is 0. The summed E-state index contributed by atoms with van der Waals surface area (Å²) in [4.78, 5) is 12.6. The second-order valence-corrected chi connectivity index (χ2v) is 5.06. The van der Waals surface area contributed by atoms with Crippen LogP contribution in [0.4, 0.5) is 5.69 Å². The van der Waals surface area contributed by atoms with Gasteiger partial charge in [0.05, 0.1) is 4.92 Å². The lowest BCUT2D eigenvalue weighted by Gasteiger charge is -2.35. The highest BCUT2D eigenvalue weighted by Gasteiger charge is 2.21. The summed E-state index contributed by atoms with van der Waals surface area (Å²) in [5.41, 5.74) is 1.23. The number of non-ortho nitro benzene ring substituents is 1. The number of piperidine rings is 1. The SMILES string of the molecule is O=[N+]([O-])c1ccc(CN2CCCCC2CCO)cc1. The number of hydrogen-bond donors (Lipinski definition) is 1. The molecule has 1 aliphatic heterocycles. The molecule has 1 fully saturated rings. The van der Waals surface area contributed by atoms with Crippen LogP contribution in [-0.4, -0.2) is 34.1 Å². The Morgan fingerprint density at radius 1 is 1.32 bits per heavy atom. The van der Waals surface area contributed by atoms with Crippen molar-refractivity contribution in [2.75, 3.05) is 13.2 Å². The van der Waals surface area contributed by atoms with Crippen molar-refractivity contribution in [2.45, 2.75) is 38.3 Å². The monoisotopic (exact) mass is 264 g/mol. The standard InChI is InChI=1S/C14H20N2O3/c17-10-8-13-3-1-2-9-15(13)11-12-4-6-14(7-5-12)16(18)19/h4-7,13,17H,1-3,8-11H2. The van der Waals surface area contributed by atoms with Gasteiger partial charge in [-0.25, -0.2) is 0 Å². The minimum absolute atomic E-state index is 0.134. The van der Waals surface area contributed by atoms with Gasteiger partial charge in [-0.1, -0.05) is 18.6 Å². The third-order valence-electron chi connectivity index (χ3n) is 3.74. The summed E-state index contributed by atoms with van der Waals surface area (Å²) in [6.07, 6.45) is 4.36. The predicted octanol–water partition coefficient (Wildman–Crippen LogP) is 2.33. The van der Waals surface area contributed by atoms with Crippen LogP contribution in [0.25, 0.3) is 0 Å². The van der Waals surface area contributed by atoms with E-state index in [1.54, 1.807) is 12.1 Å². The van der Waals surface area contributed by atoms with Gasteiger partial charge in [0.25, 0.3) is 5.69 Å². The van der Waals surface area contributed by atoms with Gasteiger partial charge in [-0.15, -0.1) is 0 Å². The van der Waals surface area contributed by atoms with Crippen LogP contribution < -0.4 is 0 Å². The maximum Gasteiger partial charge on any atom is 0.269 e. The zero-order chi connectivity index (χ0) is 13.7. The van der Waals surface area contributed by atoms with Crippen LogP contribution >= 0.6 is 0 Å². The Morgan fingerprint density at radius 2 is 2.05 bits per heavy atom. The molecule has 0 aliphatic carbocycles. The van der Waals surface area contributed by atoms with E-state index < -0.39 is 0 Å². The second-order valence-electron chi connectivity index (χ2n) is 5.06. The molecule has 0 amide bonds. The van der Waals surface area contributed by atoms with Gasteiger partial charge in [-0.05, 0) is 31.4 Å². The van der Waals surface area contributed by atoms with Crippen molar-refractivity contribution in [3.8, 4) is 0 Å². The topological polar surface area (TPSA) is 66.6 Å². The van der Waals surface area contributed by atoms with Gasteiger partial charge in [-0.3, -0.25) is 15.0 Å². The molecule has 1 saturated heterocycles. The van der Waals surface area contributed by atoms with Crippen LogP contribution in [0, 0.1) is 10.1 Å². The first kappa shape index (κ1) is 14.0. The molecule has 1 N–H and O–H groups in total. The van der Waals surface area contributed by atoms with Gasteiger partial charge in [0.2, 0.25) is 0 Å². The molecule has 1 heterocycles. The Hall–Kier alpha value is -1.46. The van der Waals surface area contributed by atoms with Gasteiger partial charge < -0.3 is 5.11 Å². The number of hydrogen-bond acceptors (Lipinski definition) is 4. The van der Waals surface area contributed by atoms with E-state index in [1.807, 2.05) is 12.1 Å². The summed E-state index contributed by atoms with van der Waals surface area (Å²) < 4.78 is 0. The first-order valence-corrected chi connectivity index (χ1v) is 6.79. The number of likely N-dealkylation sites (tertiary alicyclic amines) is 1. The Kier molecular flexibility index (Phi) is 4.87. The van der Waals surface area contributed by atoms with Crippen LogP contribution in [0.15, 0.2) is 24.3 Å². The molecule has 1 aromatic rings. The summed E-state index contributed by atoms with van der Waals surface area (Å²) >= 11 is 0. The molecule has 0 saturated carbocycles. The zero-order valence-corrected chi connectivity index (χ0v) is 11.0. The maximum atomic E-state index is 10.6. The number of rotatable bonds is 5. The van der Waals surface area contributed by atoms with Crippen molar-refractivity contribution in [3.05, 3.63) is 39.9 Å². The van der Waals surface area contributed by atoms with Crippen LogP contribution in [0.3, 0.4) is 0 Å². The molecule has 1 unspecified atom stereocenters. The Bertz CT molecular complexity index is 417. The molecule has 0 aromatic heterocycles. The number of benzene rings is 1. The minimum Gasteiger partial charge on any atom is -0.396 e. The lowest BCUT2D eigenvalue weighted by Crippen LogP contribution is -2.39. The summed E-state index contributed by atoms with van der Waals surface area (Å²) in [7, 11) is 0. The lowest BCUT2D eigenvalue weighted by molar-refractivity contribution is -0.384. The zero-order valence-electron chi connectivity index (χ0n) is 11.0. The maximum absolute atomic E-state index is 10.6.